The molecule has 4 heteroatoms. The van der Waals surface area contributed by atoms with Crippen LogP contribution < -0.4 is 10.2 Å². The number of halogens is 1. The first-order chi connectivity index (χ1) is 9.12. The van der Waals surface area contributed by atoms with Crippen molar-refractivity contribution < 1.29 is 0 Å². The van der Waals surface area contributed by atoms with E-state index in [4.69, 9.17) is 11.6 Å². The molecule has 0 saturated carbocycles. The average molecular weight is 298 g/mol. The number of aromatic nitrogens is 1. The highest BCUT2D eigenvalue weighted by molar-refractivity contribution is 6.31. The van der Waals surface area contributed by atoms with Crippen molar-refractivity contribution >= 4 is 17.4 Å². The van der Waals surface area contributed by atoms with Gasteiger partial charge in [-0.15, -0.1) is 0 Å². The maximum absolute atomic E-state index is 6.23. The molecule has 1 rings (SSSR count). The van der Waals surface area contributed by atoms with Crippen molar-refractivity contribution in [2.45, 2.75) is 60.2 Å². The van der Waals surface area contributed by atoms with Gasteiger partial charge >= 0.3 is 0 Å². The van der Waals surface area contributed by atoms with Gasteiger partial charge in [-0.3, -0.25) is 0 Å². The van der Waals surface area contributed by atoms with E-state index in [0.717, 1.165) is 22.9 Å². The molecule has 0 saturated heterocycles. The Labute approximate surface area is 128 Å². The van der Waals surface area contributed by atoms with E-state index in [0.29, 0.717) is 12.1 Å². The maximum Gasteiger partial charge on any atom is 0.128 e. The highest BCUT2D eigenvalue weighted by Crippen LogP contribution is 2.28. The molecule has 1 unspecified atom stereocenters. The van der Waals surface area contributed by atoms with E-state index in [1.54, 1.807) is 6.20 Å². The summed E-state index contributed by atoms with van der Waals surface area (Å²) in [6.07, 6.45) is 1.75. The standard InChI is InChI=1S/C16H28ClN3/c1-11(2)18-9-13-8-15(19-10-14(13)17)20(7)12(3)16(4,5)6/h8,10-12,18H,9H2,1-7H3. The number of hydrogen-bond acceptors (Lipinski definition) is 3. The fourth-order valence-electron chi connectivity index (χ4n) is 1.89. The SMILES string of the molecule is CC(C)NCc1cc(N(C)C(C)C(C)(C)C)ncc1Cl. The lowest BCUT2D eigenvalue weighted by Crippen LogP contribution is -2.39. The van der Waals surface area contributed by atoms with Gasteiger partial charge in [-0.05, 0) is 24.0 Å². The Morgan fingerprint density at radius 2 is 1.90 bits per heavy atom. The summed E-state index contributed by atoms with van der Waals surface area (Å²) >= 11 is 6.23. The Hall–Kier alpha value is -0.800. The van der Waals surface area contributed by atoms with Crippen LogP contribution in [0.2, 0.25) is 5.02 Å². The van der Waals surface area contributed by atoms with E-state index in [-0.39, 0.29) is 5.41 Å². The van der Waals surface area contributed by atoms with Crippen LogP contribution in [0, 0.1) is 5.41 Å². The van der Waals surface area contributed by atoms with Crippen LogP contribution in [0.5, 0.6) is 0 Å². The van der Waals surface area contributed by atoms with Crippen LogP contribution in [0.25, 0.3) is 0 Å². The molecule has 0 spiro atoms. The minimum absolute atomic E-state index is 0.201. The monoisotopic (exact) mass is 297 g/mol. The van der Waals surface area contributed by atoms with Gasteiger partial charge < -0.3 is 10.2 Å². The fourth-order valence-corrected chi connectivity index (χ4v) is 2.06. The van der Waals surface area contributed by atoms with Crippen molar-refractivity contribution in [2.75, 3.05) is 11.9 Å². The molecule has 0 aliphatic rings. The first-order valence-electron chi connectivity index (χ1n) is 7.23. The summed E-state index contributed by atoms with van der Waals surface area (Å²) in [6.45, 7) is 14.0. The molecule has 0 aliphatic heterocycles. The van der Waals surface area contributed by atoms with E-state index in [9.17, 15) is 0 Å². The van der Waals surface area contributed by atoms with Gasteiger partial charge in [0.25, 0.3) is 0 Å². The second-order valence-electron chi connectivity index (χ2n) is 6.82. The topological polar surface area (TPSA) is 28.2 Å². The Balaban J connectivity index is 2.94. The predicted molar refractivity (Wildman–Crippen MR) is 88.5 cm³/mol. The van der Waals surface area contributed by atoms with Gasteiger partial charge in [-0.25, -0.2) is 4.98 Å². The number of hydrogen-bond donors (Lipinski definition) is 1. The van der Waals surface area contributed by atoms with Crippen LogP contribution in [0.1, 0.15) is 47.1 Å². The lowest BCUT2D eigenvalue weighted by atomic mass is 9.87. The second-order valence-corrected chi connectivity index (χ2v) is 7.23. The second kappa shape index (κ2) is 6.77. The Morgan fingerprint density at radius 3 is 2.40 bits per heavy atom. The molecule has 0 radical (unpaired) electrons. The smallest absolute Gasteiger partial charge is 0.128 e. The molecule has 114 valence electrons. The van der Waals surface area contributed by atoms with Gasteiger partial charge in [0, 0.05) is 31.9 Å². The zero-order valence-electron chi connectivity index (χ0n) is 13.8. The van der Waals surface area contributed by atoms with Crippen LogP contribution >= 0.6 is 11.6 Å². The number of pyridine rings is 1. The van der Waals surface area contributed by atoms with E-state index >= 15 is 0 Å². The number of rotatable bonds is 5. The highest BCUT2D eigenvalue weighted by Gasteiger charge is 2.25. The van der Waals surface area contributed by atoms with Gasteiger partial charge in [-0.2, -0.15) is 0 Å². The molecule has 1 aromatic rings. The third kappa shape index (κ3) is 4.64. The minimum Gasteiger partial charge on any atom is -0.356 e. The zero-order valence-corrected chi connectivity index (χ0v) is 14.5. The van der Waals surface area contributed by atoms with Crippen molar-refractivity contribution in [2.24, 2.45) is 5.41 Å². The Morgan fingerprint density at radius 1 is 1.30 bits per heavy atom. The molecule has 1 aromatic heterocycles. The molecule has 1 atom stereocenters. The van der Waals surface area contributed by atoms with Gasteiger partial charge in [0.05, 0.1) is 5.02 Å². The third-order valence-corrected chi connectivity index (χ3v) is 4.16. The molecule has 0 bridgehead atoms. The van der Waals surface area contributed by atoms with Crippen LogP contribution in [-0.4, -0.2) is 24.1 Å². The summed E-state index contributed by atoms with van der Waals surface area (Å²) in [4.78, 5) is 6.68. The average Bonchev–Trinajstić information content (AvgIpc) is 2.34. The molecular weight excluding hydrogens is 270 g/mol. The van der Waals surface area contributed by atoms with Gasteiger partial charge in [-0.1, -0.05) is 46.2 Å². The lowest BCUT2D eigenvalue weighted by molar-refractivity contribution is 0.328. The van der Waals surface area contributed by atoms with E-state index in [2.05, 4.69) is 69.9 Å². The van der Waals surface area contributed by atoms with Crippen LogP contribution in [0.4, 0.5) is 5.82 Å². The van der Waals surface area contributed by atoms with Crippen molar-refractivity contribution in [3.63, 3.8) is 0 Å². The summed E-state index contributed by atoms with van der Waals surface area (Å²) in [5.74, 6) is 0.970. The Bertz CT molecular complexity index is 438. The molecular formula is C16H28ClN3. The quantitative estimate of drug-likeness (QED) is 0.887. The number of nitrogens with zero attached hydrogens (tertiary/aromatic N) is 2. The molecule has 1 N–H and O–H groups in total. The van der Waals surface area contributed by atoms with E-state index in [1.807, 2.05) is 0 Å². The van der Waals surface area contributed by atoms with Crippen molar-refractivity contribution in [3.8, 4) is 0 Å². The number of nitrogens with one attached hydrogen (secondary N) is 1. The molecule has 0 amide bonds. The zero-order chi connectivity index (χ0) is 15.5. The lowest BCUT2D eigenvalue weighted by Gasteiger charge is -2.36. The molecule has 0 aliphatic carbocycles. The molecule has 1 heterocycles. The first-order valence-corrected chi connectivity index (χ1v) is 7.61. The summed E-state index contributed by atoms with van der Waals surface area (Å²) < 4.78 is 0. The normalized spacial score (nSPS) is 13.7. The third-order valence-electron chi connectivity index (χ3n) is 3.82. The first kappa shape index (κ1) is 17.3. The largest absolute Gasteiger partial charge is 0.356 e. The summed E-state index contributed by atoms with van der Waals surface area (Å²) in [6, 6.07) is 2.91. The van der Waals surface area contributed by atoms with Crippen LogP contribution in [0.3, 0.4) is 0 Å². The predicted octanol–water partition coefficient (Wildman–Crippen LogP) is 4.10. The molecule has 3 nitrogen and oxygen atoms in total. The van der Waals surface area contributed by atoms with Crippen LogP contribution in [0.15, 0.2) is 12.3 Å². The number of anilines is 1. The van der Waals surface area contributed by atoms with E-state index < -0.39 is 0 Å². The Kier molecular flexibility index (Phi) is 5.84. The fraction of sp³-hybridized carbons (Fsp3) is 0.688. The van der Waals surface area contributed by atoms with Gasteiger partial charge in [0.2, 0.25) is 0 Å². The maximum atomic E-state index is 6.23. The highest BCUT2D eigenvalue weighted by atomic mass is 35.5. The van der Waals surface area contributed by atoms with Crippen LogP contribution in [-0.2, 0) is 6.54 Å². The molecule has 0 aromatic carbocycles. The minimum atomic E-state index is 0.201. The molecule has 0 fully saturated rings. The van der Waals surface area contributed by atoms with Crippen molar-refractivity contribution in [1.29, 1.82) is 0 Å². The summed E-state index contributed by atoms with van der Waals surface area (Å²) in [5, 5.41) is 4.12. The van der Waals surface area contributed by atoms with Gasteiger partial charge in [0.1, 0.15) is 5.82 Å². The van der Waals surface area contributed by atoms with Crippen molar-refractivity contribution in [3.05, 3.63) is 22.8 Å². The summed E-state index contributed by atoms with van der Waals surface area (Å²) in [5.41, 5.74) is 1.30. The van der Waals surface area contributed by atoms with Crippen molar-refractivity contribution in [1.82, 2.24) is 10.3 Å². The molecule has 20 heavy (non-hydrogen) atoms. The summed E-state index contributed by atoms with van der Waals surface area (Å²) in [7, 11) is 2.09. The van der Waals surface area contributed by atoms with Gasteiger partial charge in [0.15, 0.2) is 0 Å². The van der Waals surface area contributed by atoms with E-state index in [1.165, 1.54) is 0 Å².